The first kappa shape index (κ1) is 24.3. The fourth-order valence-corrected chi connectivity index (χ4v) is 4.15. The van der Waals surface area contributed by atoms with E-state index in [-0.39, 0.29) is 47.8 Å². The molecule has 3 rings (SSSR count). The minimum Gasteiger partial charge on any atom is -0.382 e. The quantitative estimate of drug-likeness (QED) is 0.499. The number of aromatic nitrogens is 3. The molecule has 174 valence electrons. The predicted octanol–water partition coefficient (Wildman–Crippen LogP) is 1.48. The van der Waals surface area contributed by atoms with Gasteiger partial charge < -0.3 is 19.9 Å². The topological polar surface area (TPSA) is 118 Å². The third-order valence-corrected chi connectivity index (χ3v) is 5.55. The average Bonchev–Trinajstić information content (AvgIpc) is 2.82. The van der Waals surface area contributed by atoms with Crippen LogP contribution < -0.4 is 5.32 Å². The van der Waals surface area contributed by atoms with Crippen LogP contribution in [0.3, 0.4) is 0 Å². The molecular weight excluding hydrogens is 448 g/mol. The van der Waals surface area contributed by atoms with Crippen LogP contribution >= 0.6 is 11.6 Å². The number of hydrogen-bond donors (Lipinski definition) is 1. The summed E-state index contributed by atoms with van der Waals surface area (Å²) in [5.41, 5.74) is 1.65. The SMILES string of the molecule is C=CC(=O)N1C[C@@H](COC)N(C(C)=O)[C@@H](c2cc(Cl)nc(-c3cc(C(=O)NC)ncn3)c2)C1. The highest BCUT2D eigenvalue weighted by atomic mass is 35.5. The van der Waals surface area contributed by atoms with Gasteiger partial charge in [0.05, 0.1) is 30.1 Å². The Hall–Kier alpha value is -3.37. The maximum atomic E-state index is 12.6. The van der Waals surface area contributed by atoms with E-state index in [0.717, 1.165) is 0 Å². The second-order valence-corrected chi connectivity index (χ2v) is 7.86. The summed E-state index contributed by atoms with van der Waals surface area (Å²) in [6.07, 6.45) is 2.51. The molecule has 33 heavy (non-hydrogen) atoms. The molecular formula is C22H25ClN6O4. The second kappa shape index (κ2) is 10.5. The van der Waals surface area contributed by atoms with E-state index in [4.69, 9.17) is 16.3 Å². The number of carbonyl (C=O) groups is 3. The van der Waals surface area contributed by atoms with Gasteiger partial charge in [-0.25, -0.2) is 15.0 Å². The lowest BCUT2D eigenvalue weighted by molar-refractivity contribution is -0.146. The molecule has 2 atom stereocenters. The molecule has 0 radical (unpaired) electrons. The Labute approximate surface area is 196 Å². The Morgan fingerprint density at radius 3 is 2.64 bits per heavy atom. The number of ether oxygens (including phenoxy) is 1. The second-order valence-electron chi connectivity index (χ2n) is 7.47. The summed E-state index contributed by atoms with van der Waals surface area (Å²) in [6, 6.07) is 4.04. The van der Waals surface area contributed by atoms with Crippen LogP contribution in [0.15, 0.2) is 37.2 Å². The van der Waals surface area contributed by atoms with Crippen LogP contribution in [0.25, 0.3) is 11.4 Å². The van der Waals surface area contributed by atoms with Crippen molar-refractivity contribution >= 4 is 29.3 Å². The summed E-state index contributed by atoms with van der Waals surface area (Å²) in [5, 5.41) is 2.70. The molecule has 2 aromatic rings. The minimum atomic E-state index is -0.500. The van der Waals surface area contributed by atoms with Crippen molar-refractivity contribution in [2.75, 3.05) is 33.9 Å². The number of halogens is 1. The van der Waals surface area contributed by atoms with Crippen LogP contribution in [-0.2, 0) is 14.3 Å². The van der Waals surface area contributed by atoms with Gasteiger partial charge >= 0.3 is 0 Å². The summed E-state index contributed by atoms with van der Waals surface area (Å²) in [4.78, 5) is 52.9. The fourth-order valence-electron chi connectivity index (χ4n) is 3.94. The Morgan fingerprint density at radius 2 is 2.00 bits per heavy atom. The maximum Gasteiger partial charge on any atom is 0.269 e. The van der Waals surface area contributed by atoms with Gasteiger partial charge in [0.25, 0.3) is 5.91 Å². The first-order valence-electron chi connectivity index (χ1n) is 10.2. The summed E-state index contributed by atoms with van der Waals surface area (Å²) in [6.45, 7) is 5.87. The van der Waals surface area contributed by atoms with Crippen molar-refractivity contribution < 1.29 is 19.1 Å². The van der Waals surface area contributed by atoms with Crippen LogP contribution in [0.4, 0.5) is 0 Å². The van der Waals surface area contributed by atoms with E-state index in [1.165, 1.54) is 32.4 Å². The highest BCUT2D eigenvalue weighted by Gasteiger charge is 2.38. The summed E-state index contributed by atoms with van der Waals surface area (Å²) in [7, 11) is 3.05. The van der Waals surface area contributed by atoms with Crippen LogP contribution in [0.5, 0.6) is 0 Å². The van der Waals surface area contributed by atoms with Gasteiger partial charge in [-0.2, -0.15) is 0 Å². The summed E-state index contributed by atoms with van der Waals surface area (Å²) in [5.74, 6) is -0.765. The van der Waals surface area contributed by atoms with Gasteiger partial charge in [0, 0.05) is 34.2 Å². The summed E-state index contributed by atoms with van der Waals surface area (Å²) >= 11 is 6.34. The van der Waals surface area contributed by atoms with E-state index in [0.29, 0.717) is 23.5 Å². The molecule has 2 aromatic heterocycles. The number of nitrogens with one attached hydrogen (secondary N) is 1. The molecule has 0 aromatic carbocycles. The van der Waals surface area contributed by atoms with Gasteiger partial charge in [-0.1, -0.05) is 18.2 Å². The molecule has 0 saturated carbocycles. The molecule has 10 nitrogen and oxygen atoms in total. The largest absolute Gasteiger partial charge is 0.382 e. The Balaban J connectivity index is 2.08. The van der Waals surface area contributed by atoms with Crippen molar-refractivity contribution in [3.8, 4) is 11.4 Å². The number of amides is 3. The number of hydrogen-bond acceptors (Lipinski definition) is 7. The molecule has 3 amide bonds. The minimum absolute atomic E-state index is 0.161. The normalized spacial score (nSPS) is 18.1. The van der Waals surface area contributed by atoms with Crippen molar-refractivity contribution in [3.05, 3.63) is 53.6 Å². The predicted molar refractivity (Wildman–Crippen MR) is 121 cm³/mol. The smallest absolute Gasteiger partial charge is 0.269 e. The lowest BCUT2D eigenvalue weighted by atomic mass is 9.98. The third kappa shape index (κ3) is 5.35. The standard InChI is InChI=1S/C22H25ClN6O4/c1-5-21(31)28-9-15(11-33-4)29(13(2)30)19(10-28)14-6-17(27-20(23)7-14)16-8-18(22(32)24-3)26-12-25-16/h5-8,12,15,19H,1,9-11H2,2-4H3,(H,24,32)/t15-,19+/m0/s1. The first-order valence-corrected chi connectivity index (χ1v) is 10.6. The van der Waals surface area contributed by atoms with Gasteiger partial charge in [0.2, 0.25) is 11.8 Å². The fraction of sp³-hybridized carbons (Fsp3) is 0.364. The molecule has 0 bridgehead atoms. The zero-order chi connectivity index (χ0) is 24.1. The molecule has 0 aliphatic carbocycles. The number of methoxy groups -OCH3 is 1. The molecule has 1 aliphatic heterocycles. The highest BCUT2D eigenvalue weighted by molar-refractivity contribution is 6.29. The van der Waals surface area contributed by atoms with Crippen molar-refractivity contribution in [1.82, 2.24) is 30.1 Å². The number of rotatable bonds is 6. The van der Waals surface area contributed by atoms with Gasteiger partial charge in [-0.3, -0.25) is 14.4 Å². The van der Waals surface area contributed by atoms with E-state index in [1.807, 2.05) is 0 Å². The molecule has 1 fully saturated rings. The number of carbonyl (C=O) groups excluding carboxylic acids is 3. The highest BCUT2D eigenvalue weighted by Crippen LogP contribution is 2.32. The lowest BCUT2D eigenvalue weighted by Gasteiger charge is -2.46. The van der Waals surface area contributed by atoms with E-state index in [2.05, 4.69) is 26.8 Å². The van der Waals surface area contributed by atoms with Crippen molar-refractivity contribution in [2.45, 2.75) is 19.0 Å². The molecule has 0 unspecified atom stereocenters. The summed E-state index contributed by atoms with van der Waals surface area (Å²) < 4.78 is 5.32. The number of piperazine rings is 1. The Bertz CT molecular complexity index is 1080. The first-order chi connectivity index (χ1) is 15.8. The van der Waals surface area contributed by atoms with E-state index in [1.54, 1.807) is 29.0 Å². The van der Waals surface area contributed by atoms with Gasteiger partial charge in [-0.05, 0) is 29.8 Å². The average molecular weight is 473 g/mol. The van der Waals surface area contributed by atoms with Crippen molar-refractivity contribution in [2.24, 2.45) is 0 Å². The zero-order valence-corrected chi connectivity index (χ0v) is 19.4. The van der Waals surface area contributed by atoms with Crippen molar-refractivity contribution in [1.29, 1.82) is 0 Å². The van der Waals surface area contributed by atoms with E-state index < -0.39 is 6.04 Å². The molecule has 1 N–H and O–H groups in total. The molecule has 1 aliphatic rings. The Kier molecular flexibility index (Phi) is 7.72. The molecule has 11 heteroatoms. The van der Waals surface area contributed by atoms with Gasteiger partial charge in [0.15, 0.2) is 0 Å². The van der Waals surface area contributed by atoms with Crippen LogP contribution in [0.1, 0.15) is 29.0 Å². The van der Waals surface area contributed by atoms with E-state index in [9.17, 15) is 14.4 Å². The zero-order valence-electron chi connectivity index (χ0n) is 18.6. The Morgan fingerprint density at radius 1 is 1.24 bits per heavy atom. The van der Waals surface area contributed by atoms with E-state index >= 15 is 0 Å². The third-order valence-electron chi connectivity index (χ3n) is 5.35. The lowest BCUT2D eigenvalue weighted by Crippen LogP contribution is -2.58. The molecule has 0 spiro atoms. The van der Waals surface area contributed by atoms with Crippen LogP contribution in [-0.4, -0.2) is 82.4 Å². The van der Waals surface area contributed by atoms with Crippen molar-refractivity contribution in [3.63, 3.8) is 0 Å². The van der Waals surface area contributed by atoms with Crippen LogP contribution in [0.2, 0.25) is 5.15 Å². The van der Waals surface area contributed by atoms with Gasteiger partial charge in [-0.15, -0.1) is 0 Å². The maximum absolute atomic E-state index is 12.6. The number of nitrogens with zero attached hydrogens (tertiary/aromatic N) is 5. The monoisotopic (exact) mass is 472 g/mol. The van der Waals surface area contributed by atoms with Gasteiger partial charge in [0.1, 0.15) is 17.2 Å². The van der Waals surface area contributed by atoms with Crippen LogP contribution in [0, 0.1) is 0 Å². The molecule has 1 saturated heterocycles. The number of pyridine rings is 1. The molecule has 3 heterocycles.